The largest absolute Gasteiger partial charge is 0.460 e. The van der Waals surface area contributed by atoms with Crippen LogP contribution in [0, 0.1) is 12.7 Å². The number of aryl methyl sites for hydroxylation is 1. The fourth-order valence-corrected chi connectivity index (χ4v) is 1.78. The number of carbonyl (C=O) groups is 1. The summed E-state index contributed by atoms with van der Waals surface area (Å²) in [5.74, 6) is -0.283. The number of rotatable bonds is 4. The second-order valence-corrected chi connectivity index (χ2v) is 4.15. The van der Waals surface area contributed by atoms with Crippen molar-refractivity contribution in [1.29, 1.82) is 0 Å². The summed E-state index contributed by atoms with van der Waals surface area (Å²) in [5, 5.41) is 7.55. The normalized spacial score (nSPS) is 10.5. The molecule has 1 aromatic carbocycles. The van der Waals surface area contributed by atoms with E-state index in [0.717, 1.165) is 11.1 Å². The number of hydrogen-bond donors (Lipinski definition) is 1. The Kier molecular flexibility index (Phi) is 3.89. The van der Waals surface area contributed by atoms with Crippen molar-refractivity contribution in [1.82, 2.24) is 15.2 Å². The minimum Gasteiger partial charge on any atom is -0.460 e. The Labute approximate surface area is 109 Å². The van der Waals surface area contributed by atoms with Gasteiger partial charge in [0, 0.05) is 6.42 Å². The van der Waals surface area contributed by atoms with E-state index in [9.17, 15) is 9.18 Å². The van der Waals surface area contributed by atoms with Crippen molar-refractivity contribution in [3.8, 4) is 0 Å². The smallest absolute Gasteiger partial charge is 0.376 e. The van der Waals surface area contributed by atoms with E-state index in [1.807, 2.05) is 13.0 Å². The predicted molar refractivity (Wildman–Crippen MR) is 66.3 cm³/mol. The molecule has 0 amide bonds. The van der Waals surface area contributed by atoms with E-state index in [2.05, 4.69) is 15.2 Å². The SMILES string of the molecule is CCOC(=O)c1nnc(Cc2cc(C)cc(F)c2)[nH]1. The molecule has 100 valence electrons. The Morgan fingerprint density at radius 3 is 2.84 bits per heavy atom. The van der Waals surface area contributed by atoms with Crippen molar-refractivity contribution in [3.05, 3.63) is 46.8 Å². The van der Waals surface area contributed by atoms with E-state index in [0.29, 0.717) is 12.2 Å². The first-order valence-electron chi connectivity index (χ1n) is 5.93. The summed E-state index contributed by atoms with van der Waals surface area (Å²) in [7, 11) is 0. The zero-order valence-corrected chi connectivity index (χ0v) is 10.7. The third-order valence-electron chi connectivity index (χ3n) is 2.48. The summed E-state index contributed by atoms with van der Waals surface area (Å²) in [6, 6.07) is 4.74. The summed E-state index contributed by atoms with van der Waals surface area (Å²) >= 11 is 0. The van der Waals surface area contributed by atoms with Crippen LogP contribution in [-0.4, -0.2) is 27.8 Å². The zero-order valence-electron chi connectivity index (χ0n) is 10.7. The monoisotopic (exact) mass is 263 g/mol. The van der Waals surface area contributed by atoms with Gasteiger partial charge >= 0.3 is 5.97 Å². The fourth-order valence-electron chi connectivity index (χ4n) is 1.78. The number of hydrogen-bond acceptors (Lipinski definition) is 4. The number of carbonyl (C=O) groups excluding carboxylic acids is 1. The Hall–Kier alpha value is -2.24. The molecule has 19 heavy (non-hydrogen) atoms. The van der Waals surface area contributed by atoms with E-state index >= 15 is 0 Å². The minimum absolute atomic E-state index is 0.0602. The number of esters is 1. The molecule has 0 bridgehead atoms. The molecular formula is C13H14FN3O2. The fraction of sp³-hybridized carbons (Fsp3) is 0.308. The summed E-state index contributed by atoms with van der Waals surface area (Å²) in [4.78, 5) is 14.2. The van der Waals surface area contributed by atoms with E-state index in [1.54, 1.807) is 6.92 Å². The molecule has 0 radical (unpaired) electrons. The topological polar surface area (TPSA) is 67.9 Å². The van der Waals surface area contributed by atoms with Gasteiger partial charge in [0.15, 0.2) is 0 Å². The van der Waals surface area contributed by atoms with Gasteiger partial charge in [-0.1, -0.05) is 6.07 Å². The van der Waals surface area contributed by atoms with E-state index < -0.39 is 5.97 Å². The third kappa shape index (κ3) is 3.37. The second-order valence-electron chi connectivity index (χ2n) is 4.15. The molecule has 0 spiro atoms. The molecule has 0 saturated heterocycles. The van der Waals surface area contributed by atoms with Gasteiger partial charge in [-0.15, -0.1) is 10.2 Å². The summed E-state index contributed by atoms with van der Waals surface area (Å²) in [6.45, 7) is 3.81. The molecule has 1 N–H and O–H groups in total. The van der Waals surface area contributed by atoms with Crippen LogP contribution in [-0.2, 0) is 11.2 Å². The first-order chi connectivity index (χ1) is 9.08. The van der Waals surface area contributed by atoms with Gasteiger partial charge in [-0.25, -0.2) is 9.18 Å². The van der Waals surface area contributed by atoms with Crippen molar-refractivity contribution in [2.24, 2.45) is 0 Å². The maximum atomic E-state index is 13.2. The van der Waals surface area contributed by atoms with Gasteiger partial charge in [-0.2, -0.15) is 0 Å². The molecular weight excluding hydrogens is 249 g/mol. The summed E-state index contributed by atoms with van der Waals surface area (Å²) < 4.78 is 18.0. The van der Waals surface area contributed by atoms with Gasteiger partial charge < -0.3 is 9.72 Å². The van der Waals surface area contributed by atoms with Crippen molar-refractivity contribution in [2.45, 2.75) is 20.3 Å². The number of ether oxygens (including phenoxy) is 1. The lowest BCUT2D eigenvalue weighted by Crippen LogP contribution is -2.06. The van der Waals surface area contributed by atoms with Crippen LogP contribution < -0.4 is 0 Å². The molecule has 0 aliphatic rings. The van der Waals surface area contributed by atoms with Crippen LogP contribution in [0.2, 0.25) is 0 Å². The highest BCUT2D eigenvalue weighted by molar-refractivity contribution is 5.84. The molecule has 0 aliphatic heterocycles. The highest BCUT2D eigenvalue weighted by Gasteiger charge is 2.13. The molecule has 0 fully saturated rings. The first kappa shape index (κ1) is 13.2. The maximum absolute atomic E-state index is 13.2. The Morgan fingerprint density at radius 2 is 2.16 bits per heavy atom. The third-order valence-corrected chi connectivity index (χ3v) is 2.48. The van der Waals surface area contributed by atoms with Gasteiger partial charge in [0.2, 0.25) is 5.82 Å². The number of halogens is 1. The highest BCUT2D eigenvalue weighted by Crippen LogP contribution is 2.11. The van der Waals surface area contributed by atoms with Crippen LogP contribution in [0.25, 0.3) is 0 Å². The lowest BCUT2D eigenvalue weighted by atomic mass is 10.1. The number of H-pyrrole nitrogens is 1. The van der Waals surface area contributed by atoms with Crippen molar-refractivity contribution in [2.75, 3.05) is 6.61 Å². The van der Waals surface area contributed by atoms with Crippen LogP contribution in [0.5, 0.6) is 0 Å². The quantitative estimate of drug-likeness (QED) is 0.857. The molecule has 0 aliphatic carbocycles. The van der Waals surface area contributed by atoms with Crippen molar-refractivity contribution >= 4 is 5.97 Å². The number of nitrogens with one attached hydrogen (secondary N) is 1. The standard InChI is InChI=1S/C13H14FN3O2/c1-3-19-13(18)12-15-11(16-17-12)7-9-4-8(2)5-10(14)6-9/h4-6H,3,7H2,1-2H3,(H,15,16,17). The lowest BCUT2D eigenvalue weighted by molar-refractivity contribution is 0.0512. The second kappa shape index (κ2) is 5.60. The molecule has 5 nitrogen and oxygen atoms in total. The van der Waals surface area contributed by atoms with Gasteiger partial charge in [0.1, 0.15) is 11.6 Å². The summed E-state index contributed by atoms with van der Waals surface area (Å²) in [6.07, 6.45) is 0.380. The van der Waals surface area contributed by atoms with Gasteiger partial charge in [-0.05, 0) is 37.1 Å². The maximum Gasteiger partial charge on any atom is 0.376 e. The number of nitrogens with zero attached hydrogens (tertiary/aromatic N) is 2. The molecule has 6 heteroatoms. The number of benzene rings is 1. The molecule has 0 saturated carbocycles. The molecule has 1 aromatic heterocycles. The van der Waals surface area contributed by atoms with E-state index in [4.69, 9.17) is 4.74 Å². The van der Waals surface area contributed by atoms with E-state index in [-0.39, 0.29) is 18.2 Å². The minimum atomic E-state index is -0.545. The lowest BCUT2D eigenvalue weighted by Gasteiger charge is -2.00. The number of aromatic nitrogens is 3. The first-order valence-corrected chi connectivity index (χ1v) is 5.93. The Balaban J connectivity index is 2.13. The highest BCUT2D eigenvalue weighted by atomic mass is 19.1. The van der Waals surface area contributed by atoms with Crippen molar-refractivity contribution < 1.29 is 13.9 Å². The molecule has 1 heterocycles. The predicted octanol–water partition coefficient (Wildman–Crippen LogP) is 2.02. The van der Waals surface area contributed by atoms with Gasteiger partial charge in [-0.3, -0.25) is 0 Å². The average molecular weight is 263 g/mol. The molecule has 2 aromatic rings. The molecule has 0 unspecified atom stereocenters. The van der Waals surface area contributed by atoms with Crippen LogP contribution in [0.15, 0.2) is 18.2 Å². The summed E-state index contributed by atoms with van der Waals surface area (Å²) in [5.41, 5.74) is 1.60. The Morgan fingerprint density at radius 1 is 1.37 bits per heavy atom. The van der Waals surface area contributed by atoms with Crippen LogP contribution >= 0.6 is 0 Å². The van der Waals surface area contributed by atoms with Gasteiger partial charge in [0.25, 0.3) is 0 Å². The van der Waals surface area contributed by atoms with Gasteiger partial charge in [0.05, 0.1) is 6.61 Å². The zero-order chi connectivity index (χ0) is 13.8. The molecule has 0 atom stereocenters. The van der Waals surface area contributed by atoms with E-state index in [1.165, 1.54) is 12.1 Å². The number of aromatic amines is 1. The van der Waals surface area contributed by atoms with Crippen LogP contribution in [0.3, 0.4) is 0 Å². The van der Waals surface area contributed by atoms with Crippen LogP contribution in [0.4, 0.5) is 4.39 Å². The van der Waals surface area contributed by atoms with Crippen LogP contribution in [0.1, 0.15) is 34.5 Å². The Bertz CT molecular complexity index is 575. The average Bonchev–Trinajstić information content (AvgIpc) is 2.76. The molecule has 2 rings (SSSR count). The van der Waals surface area contributed by atoms with Crippen molar-refractivity contribution in [3.63, 3.8) is 0 Å².